The van der Waals surface area contributed by atoms with Gasteiger partial charge in [-0.2, -0.15) is 12.6 Å². The first-order chi connectivity index (χ1) is 5.20. The van der Waals surface area contributed by atoms with E-state index in [0.717, 1.165) is 6.42 Å². The number of hydrogen-bond donors (Lipinski definition) is 1. The number of rotatable bonds is 5. The number of carbonyl (C=O) groups excluding carboxylic acids is 2. The predicted molar refractivity (Wildman–Crippen MR) is 44.7 cm³/mol. The highest BCUT2D eigenvalue weighted by Crippen LogP contribution is 1.91. The van der Waals surface area contributed by atoms with Gasteiger partial charge in [0.25, 0.3) is 0 Å². The van der Waals surface area contributed by atoms with Gasteiger partial charge in [0, 0.05) is 5.75 Å². The van der Waals surface area contributed by atoms with E-state index in [1.165, 1.54) is 0 Å². The number of hydrogen-bond acceptors (Lipinski definition) is 4. The van der Waals surface area contributed by atoms with Crippen LogP contribution in [0.4, 0.5) is 0 Å². The molecule has 0 radical (unpaired) electrons. The number of ketones is 1. The lowest BCUT2D eigenvalue weighted by Crippen LogP contribution is -2.12. The summed E-state index contributed by atoms with van der Waals surface area (Å²) in [6.45, 7) is 2.28. The van der Waals surface area contributed by atoms with Crippen LogP contribution in [-0.2, 0) is 14.3 Å². The smallest absolute Gasteiger partial charge is 0.313 e. The van der Waals surface area contributed by atoms with Crippen molar-refractivity contribution >= 4 is 24.4 Å². The Morgan fingerprint density at radius 2 is 2.09 bits per heavy atom. The van der Waals surface area contributed by atoms with E-state index in [1.54, 1.807) is 0 Å². The average Bonchev–Trinajstić information content (AvgIpc) is 2.00. The Morgan fingerprint density at radius 1 is 1.45 bits per heavy atom. The number of thiol groups is 1. The maximum Gasteiger partial charge on any atom is 0.313 e. The van der Waals surface area contributed by atoms with Crippen LogP contribution in [0.2, 0.25) is 0 Å². The van der Waals surface area contributed by atoms with Crippen molar-refractivity contribution in [2.45, 2.75) is 19.8 Å². The van der Waals surface area contributed by atoms with Crippen molar-refractivity contribution in [1.29, 1.82) is 0 Å². The number of carbonyl (C=O) groups is 2. The quantitative estimate of drug-likeness (QED) is 0.383. The first-order valence-electron chi connectivity index (χ1n) is 3.49. The number of esters is 1. The van der Waals surface area contributed by atoms with Crippen LogP contribution in [0.25, 0.3) is 0 Å². The van der Waals surface area contributed by atoms with E-state index >= 15 is 0 Å². The van der Waals surface area contributed by atoms with Crippen molar-refractivity contribution in [3.63, 3.8) is 0 Å². The van der Waals surface area contributed by atoms with Gasteiger partial charge in [-0.25, -0.2) is 0 Å². The molecule has 0 rings (SSSR count). The fraction of sp³-hybridized carbons (Fsp3) is 0.714. The predicted octanol–water partition coefficient (Wildman–Crippen LogP) is 0.829. The highest BCUT2D eigenvalue weighted by molar-refractivity contribution is 7.81. The van der Waals surface area contributed by atoms with Gasteiger partial charge < -0.3 is 4.74 Å². The second-order valence-electron chi connectivity index (χ2n) is 2.09. The molecule has 4 heteroatoms. The van der Waals surface area contributed by atoms with Gasteiger partial charge in [0.1, 0.15) is 6.42 Å². The molecule has 0 N–H and O–H groups in total. The van der Waals surface area contributed by atoms with E-state index in [4.69, 9.17) is 0 Å². The molecule has 0 spiro atoms. The fourth-order valence-electron chi connectivity index (χ4n) is 0.484. The Morgan fingerprint density at radius 3 is 2.55 bits per heavy atom. The largest absolute Gasteiger partial charge is 0.465 e. The highest BCUT2D eigenvalue weighted by Gasteiger charge is 2.07. The molecule has 0 bridgehead atoms. The second-order valence-corrected chi connectivity index (χ2v) is 2.41. The first kappa shape index (κ1) is 10.5. The maximum atomic E-state index is 10.7. The van der Waals surface area contributed by atoms with Gasteiger partial charge in [0.2, 0.25) is 0 Å². The van der Waals surface area contributed by atoms with Gasteiger partial charge in [-0.3, -0.25) is 9.59 Å². The lowest BCUT2D eigenvalue weighted by molar-refractivity contribution is -0.145. The molecule has 0 aliphatic heterocycles. The molecule has 0 aromatic heterocycles. The van der Waals surface area contributed by atoms with Crippen LogP contribution in [0.15, 0.2) is 0 Å². The monoisotopic (exact) mass is 176 g/mol. The standard InChI is InChI=1S/C7H12O3S/c1-2-3-10-7(9)4-6(8)5-11/h11H,2-5H2,1H3. The van der Waals surface area contributed by atoms with Gasteiger partial charge in [-0.05, 0) is 6.42 Å². The van der Waals surface area contributed by atoms with E-state index in [2.05, 4.69) is 17.4 Å². The zero-order chi connectivity index (χ0) is 8.69. The summed E-state index contributed by atoms with van der Waals surface area (Å²) in [7, 11) is 0. The van der Waals surface area contributed by atoms with Crippen molar-refractivity contribution in [2.75, 3.05) is 12.4 Å². The minimum Gasteiger partial charge on any atom is -0.465 e. The average molecular weight is 176 g/mol. The van der Waals surface area contributed by atoms with Crippen LogP contribution >= 0.6 is 12.6 Å². The van der Waals surface area contributed by atoms with Crippen LogP contribution in [0.3, 0.4) is 0 Å². The molecule has 0 unspecified atom stereocenters. The molecule has 0 aromatic rings. The van der Waals surface area contributed by atoms with E-state index in [9.17, 15) is 9.59 Å². The summed E-state index contributed by atoms with van der Waals surface area (Å²) in [5.41, 5.74) is 0. The molecule has 0 saturated heterocycles. The Hall–Kier alpha value is -0.510. The topological polar surface area (TPSA) is 43.4 Å². The van der Waals surface area contributed by atoms with Gasteiger partial charge in [0.05, 0.1) is 6.61 Å². The Labute approximate surface area is 71.5 Å². The third-order valence-electron chi connectivity index (χ3n) is 0.985. The zero-order valence-electron chi connectivity index (χ0n) is 6.50. The minimum absolute atomic E-state index is 0.0984. The van der Waals surface area contributed by atoms with Crippen LogP contribution in [0.5, 0.6) is 0 Å². The van der Waals surface area contributed by atoms with Crippen molar-refractivity contribution in [3.05, 3.63) is 0 Å². The summed E-state index contributed by atoms with van der Waals surface area (Å²) in [6, 6.07) is 0. The zero-order valence-corrected chi connectivity index (χ0v) is 7.39. The fourth-order valence-corrected chi connectivity index (χ4v) is 0.596. The van der Waals surface area contributed by atoms with Crippen molar-refractivity contribution in [1.82, 2.24) is 0 Å². The van der Waals surface area contributed by atoms with Crippen molar-refractivity contribution < 1.29 is 14.3 Å². The van der Waals surface area contributed by atoms with E-state index in [-0.39, 0.29) is 18.0 Å². The minimum atomic E-state index is -0.453. The van der Waals surface area contributed by atoms with Crippen molar-refractivity contribution in [3.8, 4) is 0 Å². The van der Waals surface area contributed by atoms with Gasteiger partial charge in [-0.15, -0.1) is 0 Å². The SMILES string of the molecule is CCCOC(=O)CC(=O)CS. The number of Topliss-reactive ketones (excluding diaryl/α,β-unsaturated/α-hetero) is 1. The lowest BCUT2D eigenvalue weighted by atomic mass is 10.3. The lowest BCUT2D eigenvalue weighted by Gasteiger charge is -1.99. The summed E-state index contributed by atoms with van der Waals surface area (Å²) >= 11 is 3.72. The first-order valence-corrected chi connectivity index (χ1v) is 4.12. The van der Waals surface area contributed by atoms with Crippen LogP contribution in [0.1, 0.15) is 19.8 Å². The Kier molecular flexibility index (Phi) is 5.93. The summed E-state index contributed by atoms with van der Waals surface area (Å²) < 4.78 is 4.67. The molecule has 0 amide bonds. The molecule has 64 valence electrons. The van der Waals surface area contributed by atoms with E-state index in [0.29, 0.717) is 6.61 Å². The summed E-state index contributed by atoms with van der Waals surface area (Å²) in [6.07, 6.45) is 0.629. The van der Waals surface area contributed by atoms with E-state index in [1.807, 2.05) is 6.92 Å². The van der Waals surface area contributed by atoms with Crippen LogP contribution < -0.4 is 0 Å². The molecule has 0 atom stereocenters. The van der Waals surface area contributed by atoms with Gasteiger partial charge in [0.15, 0.2) is 5.78 Å². The number of ether oxygens (including phenoxy) is 1. The Bertz CT molecular complexity index is 145. The van der Waals surface area contributed by atoms with E-state index < -0.39 is 5.97 Å². The third kappa shape index (κ3) is 5.91. The normalized spacial score (nSPS) is 9.27. The Balaban J connectivity index is 3.44. The molecule has 0 aliphatic rings. The third-order valence-corrected chi connectivity index (χ3v) is 1.34. The summed E-state index contributed by atoms with van der Waals surface area (Å²) in [4.78, 5) is 21.3. The highest BCUT2D eigenvalue weighted by atomic mass is 32.1. The molecule has 0 aromatic carbocycles. The van der Waals surface area contributed by atoms with Gasteiger partial charge >= 0.3 is 5.97 Å². The summed E-state index contributed by atoms with van der Waals surface area (Å²) in [5, 5.41) is 0. The molecule has 11 heavy (non-hydrogen) atoms. The molecule has 0 saturated carbocycles. The molecule has 0 aliphatic carbocycles. The molecule has 0 heterocycles. The van der Waals surface area contributed by atoms with Crippen molar-refractivity contribution in [2.24, 2.45) is 0 Å². The van der Waals surface area contributed by atoms with Crippen LogP contribution in [-0.4, -0.2) is 24.1 Å². The molecular formula is C7H12O3S. The molecule has 0 fully saturated rings. The van der Waals surface area contributed by atoms with Crippen LogP contribution in [0, 0.1) is 0 Å². The molecular weight excluding hydrogens is 164 g/mol. The summed E-state index contributed by atoms with van der Waals surface area (Å²) in [5.74, 6) is -0.554. The van der Waals surface area contributed by atoms with Gasteiger partial charge in [-0.1, -0.05) is 6.92 Å². The maximum absolute atomic E-state index is 10.7. The second kappa shape index (κ2) is 6.22. The molecule has 3 nitrogen and oxygen atoms in total.